The highest BCUT2D eigenvalue weighted by atomic mass is 32.1. The zero-order valence-electron chi connectivity index (χ0n) is 18.8. The zero-order valence-corrected chi connectivity index (χ0v) is 19.6. The topological polar surface area (TPSA) is 28.6 Å². The van der Waals surface area contributed by atoms with Gasteiger partial charge >= 0.3 is 0 Å². The third-order valence-electron chi connectivity index (χ3n) is 6.99. The Hall–Kier alpha value is -2.47. The Morgan fingerprint density at radius 3 is 2.31 bits per heavy atom. The lowest BCUT2D eigenvalue weighted by Gasteiger charge is -2.36. The van der Waals surface area contributed by atoms with Gasteiger partial charge in [-0.15, -0.1) is 11.3 Å². The number of thiazole rings is 1. The molecule has 2 saturated heterocycles. The Labute approximate surface area is 195 Å². The molecule has 0 N–H and O–H groups in total. The van der Waals surface area contributed by atoms with Crippen molar-refractivity contribution >= 4 is 23.1 Å². The van der Waals surface area contributed by atoms with Crippen LogP contribution in [0.3, 0.4) is 0 Å². The standard InChI is InChI=1S/C27H31N3OS/c1-3-21-4-8-23(9-5-21)27(12-18-31-19-13-27)26-28-25(20-32-26)22-6-10-24(11-7-22)30-16-14-29(2)15-17-30/h3-11,20H,1,12-19H2,2H3. The largest absolute Gasteiger partial charge is 0.381 e. The maximum atomic E-state index is 5.73. The normalized spacial score (nSPS) is 19.1. The van der Waals surface area contributed by atoms with E-state index in [9.17, 15) is 0 Å². The highest BCUT2D eigenvalue weighted by Gasteiger charge is 2.39. The molecule has 0 radical (unpaired) electrons. The van der Waals surface area contributed by atoms with Crippen LogP contribution in [0.25, 0.3) is 17.3 Å². The number of aromatic nitrogens is 1. The van der Waals surface area contributed by atoms with E-state index in [4.69, 9.17) is 9.72 Å². The van der Waals surface area contributed by atoms with E-state index in [0.717, 1.165) is 63.5 Å². The summed E-state index contributed by atoms with van der Waals surface area (Å²) in [7, 11) is 2.19. The van der Waals surface area contributed by atoms with E-state index in [0.29, 0.717) is 0 Å². The predicted molar refractivity (Wildman–Crippen MR) is 135 cm³/mol. The summed E-state index contributed by atoms with van der Waals surface area (Å²) < 4.78 is 5.73. The van der Waals surface area contributed by atoms with Crippen LogP contribution >= 0.6 is 11.3 Å². The lowest BCUT2D eigenvalue weighted by Crippen LogP contribution is -2.44. The van der Waals surface area contributed by atoms with Crippen molar-refractivity contribution in [1.29, 1.82) is 0 Å². The number of hydrogen-bond acceptors (Lipinski definition) is 5. The van der Waals surface area contributed by atoms with E-state index >= 15 is 0 Å². The summed E-state index contributed by atoms with van der Waals surface area (Å²) >= 11 is 1.78. The van der Waals surface area contributed by atoms with Crippen LogP contribution in [0, 0.1) is 0 Å². The van der Waals surface area contributed by atoms with Gasteiger partial charge in [0.2, 0.25) is 0 Å². The summed E-state index contributed by atoms with van der Waals surface area (Å²) in [6, 6.07) is 17.7. The van der Waals surface area contributed by atoms with Crippen molar-refractivity contribution in [3.8, 4) is 11.3 Å². The van der Waals surface area contributed by atoms with Crippen molar-refractivity contribution in [2.75, 3.05) is 51.3 Å². The fraction of sp³-hybridized carbons (Fsp3) is 0.370. The van der Waals surface area contributed by atoms with Gasteiger partial charge in [-0.3, -0.25) is 0 Å². The monoisotopic (exact) mass is 445 g/mol. The quantitative estimate of drug-likeness (QED) is 0.533. The number of benzene rings is 2. The number of hydrogen-bond donors (Lipinski definition) is 0. The molecule has 2 aliphatic heterocycles. The van der Waals surface area contributed by atoms with Gasteiger partial charge in [-0.25, -0.2) is 4.98 Å². The number of anilines is 1. The molecule has 0 bridgehead atoms. The molecule has 1 aromatic heterocycles. The van der Waals surface area contributed by atoms with E-state index in [1.54, 1.807) is 11.3 Å². The van der Waals surface area contributed by atoms with Crippen LogP contribution < -0.4 is 4.90 Å². The Morgan fingerprint density at radius 2 is 1.66 bits per heavy atom. The number of nitrogens with zero attached hydrogens (tertiary/aromatic N) is 3. The molecule has 0 unspecified atom stereocenters. The second kappa shape index (κ2) is 9.18. The highest BCUT2D eigenvalue weighted by molar-refractivity contribution is 7.10. The molecule has 4 nitrogen and oxygen atoms in total. The van der Waals surface area contributed by atoms with Crippen LogP contribution in [0.2, 0.25) is 0 Å². The molecule has 2 aliphatic rings. The molecule has 3 aromatic rings. The molecule has 3 heterocycles. The minimum absolute atomic E-state index is 0.0688. The molecular formula is C27H31N3OS. The van der Waals surface area contributed by atoms with Gasteiger partial charge in [0.05, 0.1) is 11.1 Å². The molecule has 2 fully saturated rings. The number of rotatable bonds is 5. The first kappa shape index (κ1) is 21.4. The molecular weight excluding hydrogens is 414 g/mol. The minimum Gasteiger partial charge on any atom is -0.381 e. The van der Waals surface area contributed by atoms with E-state index in [2.05, 4.69) is 77.3 Å². The third kappa shape index (κ3) is 4.13. The number of ether oxygens (including phenoxy) is 1. The van der Waals surface area contributed by atoms with Gasteiger partial charge < -0.3 is 14.5 Å². The van der Waals surface area contributed by atoms with Crippen LogP contribution in [0.4, 0.5) is 5.69 Å². The second-order valence-corrected chi connectivity index (χ2v) is 9.75. The van der Waals surface area contributed by atoms with Crippen molar-refractivity contribution < 1.29 is 4.74 Å². The SMILES string of the molecule is C=Cc1ccc(C2(c3nc(-c4ccc(N5CCN(C)CC5)cc4)cs3)CCOCC2)cc1. The lowest BCUT2D eigenvalue weighted by atomic mass is 9.74. The van der Waals surface area contributed by atoms with Crippen molar-refractivity contribution in [2.45, 2.75) is 18.3 Å². The molecule has 0 saturated carbocycles. The smallest absolute Gasteiger partial charge is 0.104 e. The van der Waals surface area contributed by atoms with Gasteiger partial charge in [0.15, 0.2) is 0 Å². The van der Waals surface area contributed by atoms with Crippen molar-refractivity contribution in [1.82, 2.24) is 9.88 Å². The molecule has 5 rings (SSSR count). The predicted octanol–water partition coefficient (Wildman–Crippen LogP) is 5.30. The zero-order chi connectivity index (χ0) is 22.0. The van der Waals surface area contributed by atoms with Gasteiger partial charge in [-0.1, -0.05) is 49.1 Å². The Balaban J connectivity index is 1.41. The molecule has 0 amide bonds. The maximum absolute atomic E-state index is 5.73. The third-order valence-corrected chi connectivity index (χ3v) is 8.04. The second-order valence-electron chi connectivity index (χ2n) is 8.90. The summed E-state index contributed by atoms with van der Waals surface area (Å²) in [5, 5.41) is 3.42. The van der Waals surface area contributed by atoms with Crippen LogP contribution in [0.15, 0.2) is 60.5 Å². The molecule has 0 atom stereocenters. The summed E-state index contributed by atoms with van der Waals surface area (Å²) in [5.74, 6) is 0. The van der Waals surface area contributed by atoms with Gasteiger partial charge in [-0.05, 0) is 43.1 Å². The van der Waals surface area contributed by atoms with Gasteiger partial charge in [0.25, 0.3) is 0 Å². The van der Waals surface area contributed by atoms with E-state index < -0.39 is 0 Å². The average molecular weight is 446 g/mol. The molecule has 166 valence electrons. The summed E-state index contributed by atoms with van der Waals surface area (Å²) in [5.41, 5.74) is 5.98. The fourth-order valence-corrected chi connectivity index (χ4v) is 5.93. The first-order valence-corrected chi connectivity index (χ1v) is 12.4. The minimum atomic E-state index is -0.0688. The van der Waals surface area contributed by atoms with Crippen LogP contribution in [-0.2, 0) is 10.2 Å². The van der Waals surface area contributed by atoms with E-state index in [1.807, 2.05) is 6.08 Å². The Bertz CT molecular complexity index is 1040. The van der Waals surface area contributed by atoms with Crippen LogP contribution in [0.1, 0.15) is 29.0 Å². The summed E-state index contributed by atoms with van der Waals surface area (Å²) in [6.45, 7) is 9.86. The molecule has 5 heteroatoms. The Morgan fingerprint density at radius 1 is 0.969 bits per heavy atom. The molecule has 2 aromatic carbocycles. The van der Waals surface area contributed by atoms with Gasteiger partial charge in [0, 0.05) is 56.0 Å². The van der Waals surface area contributed by atoms with Gasteiger partial charge in [-0.2, -0.15) is 0 Å². The number of likely N-dealkylation sites (N-methyl/N-ethyl adjacent to an activating group) is 1. The van der Waals surface area contributed by atoms with Crippen molar-refractivity contribution in [3.63, 3.8) is 0 Å². The van der Waals surface area contributed by atoms with E-state index in [1.165, 1.54) is 21.8 Å². The molecule has 0 spiro atoms. The number of piperazine rings is 1. The Kier molecular flexibility index (Phi) is 6.13. The molecule has 0 aliphatic carbocycles. The summed E-state index contributed by atoms with van der Waals surface area (Å²) in [4.78, 5) is 10.0. The fourth-order valence-electron chi connectivity index (χ4n) is 4.82. The lowest BCUT2D eigenvalue weighted by molar-refractivity contribution is 0.0630. The first-order valence-electron chi connectivity index (χ1n) is 11.5. The van der Waals surface area contributed by atoms with Crippen molar-refractivity contribution in [3.05, 3.63) is 76.6 Å². The van der Waals surface area contributed by atoms with Crippen LogP contribution in [0.5, 0.6) is 0 Å². The van der Waals surface area contributed by atoms with E-state index in [-0.39, 0.29) is 5.41 Å². The maximum Gasteiger partial charge on any atom is 0.104 e. The van der Waals surface area contributed by atoms with Gasteiger partial charge in [0.1, 0.15) is 5.01 Å². The van der Waals surface area contributed by atoms with Crippen molar-refractivity contribution in [2.24, 2.45) is 0 Å². The first-order chi connectivity index (χ1) is 15.7. The average Bonchev–Trinajstić information content (AvgIpc) is 3.36. The molecule has 32 heavy (non-hydrogen) atoms. The van der Waals surface area contributed by atoms with Crippen LogP contribution in [-0.4, -0.2) is 56.3 Å². The summed E-state index contributed by atoms with van der Waals surface area (Å²) in [6.07, 6.45) is 3.83. The highest BCUT2D eigenvalue weighted by Crippen LogP contribution is 2.43.